The van der Waals surface area contributed by atoms with Gasteiger partial charge in [0.1, 0.15) is 11.9 Å². The van der Waals surface area contributed by atoms with Gasteiger partial charge in [-0.05, 0) is 85.2 Å². The van der Waals surface area contributed by atoms with Gasteiger partial charge in [-0.3, -0.25) is 19.4 Å². The van der Waals surface area contributed by atoms with Crippen LogP contribution in [0, 0.1) is 11.3 Å². The van der Waals surface area contributed by atoms with Crippen molar-refractivity contribution in [2.75, 3.05) is 47.8 Å². The second-order valence-electron chi connectivity index (χ2n) is 12.3. The van der Waals surface area contributed by atoms with Gasteiger partial charge in [0.2, 0.25) is 5.91 Å². The van der Waals surface area contributed by atoms with E-state index in [0.29, 0.717) is 55.7 Å². The number of carbonyl (C=O) groups excluding carboxylic acids is 3. The Morgan fingerprint density at radius 2 is 1.60 bits per heavy atom. The van der Waals surface area contributed by atoms with Crippen LogP contribution in [0.5, 0.6) is 0 Å². The molecule has 1 saturated heterocycles. The van der Waals surface area contributed by atoms with E-state index >= 15 is 0 Å². The van der Waals surface area contributed by atoms with Crippen molar-refractivity contribution in [1.82, 2.24) is 34.8 Å². The minimum Gasteiger partial charge on any atom is -0.345 e. The van der Waals surface area contributed by atoms with Crippen LogP contribution < -0.4 is 11.0 Å². The number of H-pyrrole nitrogens is 1. The normalized spacial score (nSPS) is 16.7. The highest BCUT2D eigenvalue weighted by atomic mass is 16.2. The molecule has 0 saturated carbocycles. The Morgan fingerprint density at radius 1 is 1.02 bits per heavy atom. The monoisotopic (exact) mass is 612 g/mol. The van der Waals surface area contributed by atoms with E-state index in [1.54, 1.807) is 52.3 Å². The lowest BCUT2D eigenvalue weighted by Gasteiger charge is -2.35. The van der Waals surface area contributed by atoms with Gasteiger partial charge in [-0.2, -0.15) is 10.4 Å². The van der Waals surface area contributed by atoms with Crippen molar-refractivity contribution in [3.8, 4) is 6.07 Å². The van der Waals surface area contributed by atoms with Gasteiger partial charge < -0.3 is 20.0 Å². The zero-order chi connectivity index (χ0) is 32.5. The second-order valence-corrected chi connectivity index (χ2v) is 12.3. The lowest BCUT2D eigenvalue weighted by Crippen LogP contribution is -2.42. The van der Waals surface area contributed by atoms with Crippen molar-refractivity contribution >= 4 is 17.7 Å². The maximum atomic E-state index is 13.0. The number of nitrogens with zero attached hydrogens (tertiary/aromatic N) is 6. The minimum absolute atomic E-state index is 0.0687. The molecule has 1 fully saturated rings. The number of aryl methyl sites for hydroxylation is 3. The first-order valence-electron chi connectivity index (χ1n) is 15.2. The summed E-state index contributed by atoms with van der Waals surface area (Å²) >= 11 is 0. The Balaban J connectivity index is 1.62. The molecule has 236 valence electrons. The lowest BCUT2D eigenvalue weighted by atomic mass is 9.69. The molecule has 2 N–H and O–H groups in total. The van der Waals surface area contributed by atoms with E-state index in [9.17, 15) is 24.4 Å². The molecule has 12 nitrogen and oxygen atoms in total. The van der Waals surface area contributed by atoms with E-state index in [1.807, 2.05) is 24.3 Å². The fourth-order valence-electron chi connectivity index (χ4n) is 6.64. The third kappa shape index (κ3) is 5.88. The Morgan fingerprint density at radius 3 is 2.09 bits per heavy atom. The molecular weight excluding hydrogens is 572 g/mol. The van der Waals surface area contributed by atoms with Crippen molar-refractivity contribution in [3.63, 3.8) is 0 Å². The van der Waals surface area contributed by atoms with Crippen LogP contribution in [0.1, 0.15) is 68.1 Å². The zero-order valence-electron chi connectivity index (χ0n) is 26.5. The number of aromatic amines is 1. The molecule has 2 aromatic carbocycles. The van der Waals surface area contributed by atoms with E-state index in [4.69, 9.17) is 0 Å². The standard InChI is InChI=1S/C33H40N8O4/c1-38(2)29(43)23-10-12-26-21(17-23)8-9-22-18-24(30(44)39(3)4)11-13-27(22)33(26,31-36-32(45)40(5)37-31)14-15-35-20-28(42)41-16-6-7-25(41)19-34/h10-13,17-18,25,35H,6-9,14-16,20H2,1-5H3,(H,36,37,45). The van der Waals surface area contributed by atoms with Crippen LogP contribution in [0.15, 0.2) is 41.2 Å². The quantitative estimate of drug-likeness (QED) is 0.366. The molecule has 0 bridgehead atoms. The van der Waals surface area contributed by atoms with Crippen molar-refractivity contribution in [1.29, 1.82) is 5.26 Å². The van der Waals surface area contributed by atoms with Gasteiger partial charge >= 0.3 is 5.69 Å². The molecule has 3 aromatic rings. The molecule has 1 aromatic heterocycles. The number of nitriles is 1. The molecule has 1 atom stereocenters. The molecule has 5 rings (SSSR count). The van der Waals surface area contributed by atoms with Gasteiger partial charge in [0.25, 0.3) is 11.8 Å². The van der Waals surface area contributed by atoms with Crippen LogP contribution >= 0.6 is 0 Å². The number of hydrogen-bond acceptors (Lipinski definition) is 7. The zero-order valence-corrected chi connectivity index (χ0v) is 26.5. The number of rotatable bonds is 8. The Kier molecular flexibility index (Phi) is 8.93. The van der Waals surface area contributed by atoms with Gasteiger partial charge in [0, 0.05) is 52.9 Å². The Bertz CT molecular complexity index is 1660. The highest BCUT2D eigenvalue weighted by Gasteiger charge is 2.44. The molecule has 2 heterocycles. The van der Waals surface area contributed by atoms with Crippen LogP contribution in [-0.4, -0.2) is 101 Å². The molecular formula is C33H40N8O4. The highest BCUT2D eigenvalue weighted by molar-refractivity contribution is 5.95. The molecule has 0 radical (unpaired) electrons. The predicted octanol–water partition coefficient (Wildman–Crippen LogP) is 1.44. The van der Waals surface area contributed by atoms with Gasteiger partial charge in [-0.1, -0.05) is 12.1 Å². The number of fused-ring (bicyclic) bond motifs is 2. The highest BCUT2D eigenvalue weighted by Crippen LogP contribution is 2.46. The average Bonchev–Trinajstić information content (AvgIpc) is 3.61. The summed E-state index contributed by atoms with van der Waals surface area (Å²) in [4.78, 5) is 59.5. The molecule has 1 aliphatic carbocycles. The number of amides is 3. The summed E-state index contributed by atoms with van der Waals surface area (Å²) in [7, 11) is 8.44. The number of nitrogens with one attached hydrogen (secondary N) is 2. The first-order chi connectivity index (χ1) is 21.5. The minimum atomic E-state index is -0.972. The number of hydrogen-bond donors (Lipinski definition) is 2. The number of carbonyl (C=O) groups is 3. The molecule has 1 unspecified atom stereocenters. The topological polar surface area (TPSA) is 147 Å². The Hall–Kier alpha value is -4.76. The average molecular weight is 613 g/mol. The maximum absolute atomic E-state index is 13.0. The third-order valence-electron chi connectivity index (χ3n) is 8.95. The first kappa shape index (κ1) is 31.7. The van der Waals surface area contributed by atoms with Gasteiger partial charge in [-0.25, -0.2) is 9.48 Å². The summed E-state index contributed by atoms with van der Waals surface area (Å²) in [5.74, 6) is 0.0794. The SMILES string of the molecule is CN(C)C(=O)c1ccc2c(c1)CCc1cc(C(=O)N(C)C)ccc1C2(CCNCC(=O)N1CCCC1C#N)c1nn(C)c(=O)[nH]1. The lowest BCUT2D eigenvalue weighted by molar-refractivity contribution is -0.130. The fourth-order valence-corrected chi connectivity index (χ4v) is 6.64. The molecule has 1 aliphatic heterocycles. The van der Waals surface area contributed by atoms with Crippen molar-refractivity contribution in [3.05, 3.63) is 86.1 Å². The maximum Gasteiger partial charge on any atom is 0.343 e. The predicted molar refractivity (Wildman–Crippen MR) is 168 cm³/mol. The molecule has 3 amide bonds. The van der Waals surface area contributed by atoms with E-state index in [-0.39, 0.29) is 30.0 Å². The van der Waals surface area contributed by atoms with Gasteiger partial charge in [0.05, 0.1) is 18.0 Å². The van der Waals surface area contributed by atoms with E-state index < -0.39 is 11.5 Å². The van der Waals surface area contributed by atoms with Crippen LogP contribution in [-0.2, 0) is 30.1 Å². The summed E-state index contributed by atoms with van der Waals surface area (Å²) in [6, 6.07) is 13.1. The number of likely N-dealkylation sites (tertiary alicyclic amines) is 1. The Labute approximate surface area is 262 Å². The largest absolute Gasteiger partial charge is 0.345 e. The fraction of sp³-hybridized carbons (Fsp3) is 0.455. The van der Waals surface area contributed by atoms with Crippen molar-refractivity contribution < 1.29 is 14.4 Å². The first-order valence-corrected chi connectivity index (χ1v) is 15.2. The summed E-state index contributed by atoms with van der Waals surface area (Å²) in [6.07, 6.45) is 3.11. The van der Waals surface area contributed by atoms with Crippen LogP contribution in [0.4, 0.5) is 0 Å². The summed E-state index contributed by atoms with van der Waals surface area (Å²) < 4.78 is 1.27. The summed E-state index contributed by atoms with van der Waals surface area (Å²) in [5, 5.41) is 17.4. The van der Waals surface area contributed by atoms with Crippen molar-refractivity contribution in [2.24, 2.45) is 7.05 Å². The summed E-state index contributed by atoms with van der Waals surface area (Å²) in [5.41, 5.74) is 3.45. The third-order valence-corrected chi connectivity index (χ3v) is 8.95. The van der Waals surface area contributed by atoms with Crippen molar-refractivity contribution in [2.45, 2.75) is 43.6 Å². The summed E-state index contributed by atoms with van der Waals surface area (Å²) in [6.45, 7) is 1.02. The van der Waals surface area contributed by atoms with E-state index in [1.165, 1.54) is 14.5 Å². The van der Waals surface area contributed by atoms with Gasteiger partial charge in [0.15, 0.2) is 0 Å². The molecule has 2 aliphatic rings. The molecule has 45 heavy (non-hydrogen) atoms. The van der Waals surface area contributed by atoms with E-state index in [0.717, 1.165) is 28.7 Å². The van der Waals surface area contributed by atoms with Crippen LogP contribution in [0.2, 0.25) is 0 Å². The van der Waals surface area contributed by atoms with Crippen LogP contribution in [0.3, 0.4) is 0 Å². The second kappa shape index (κ2) is 12.7. The number of aromatic nitrogens is 3. The number of benzene rings is 2. The molecule has 12 heteroatoms. The van der Waals surface area contributed by atoms with E-state index in [2.05, 4.69) is 21.5 Å². The van der Waals surface area contributed by atoms with Crippen LogP contribution in [0.25, 0.3) is 0 Å². The smallest absolute Gasteiger partial charge is 0.343 e. The van der Waals surface area contributed by atoms with Gasteiger partial charge in [-0.15, -0.1) is 0 Å². The molecule has 0 spiro atoms.